The van der Waals surface area contributed by atoms with Crippen LogP contribution in [0.4, 0.5) is 5.82 Å². The van der Waals surface area contributed by atoms with Crippen molar-refractivity contribution in [3.8, 4) is 0 Å². The summed E-state index contributed by atoms with van der Waals surface area (Å²) in [6.45, 7) is 11.1. The van der Waals surface area contributed by atoms with Crippen LogP contribution in [0.3, 0.4) is 0 Å². The van der Waals surface area contributed by atoms with Gasteiger partial charge in [0.15, 0.2) is 17.0 Å². The summed E-state index contributed by atoms with van der Waals surface area (Å²) in [5, 5.41) is 5.84. The molecule has 1 aliphatic carbocycles. The van der Waals surface area contributed by atoms with Crippen LogP contribution in [0.2, 0.25) is 5.28 Å². The topological polar surface area (TPSA) is 70.9 Å². The van der Waals surface area contributed by atoms with E-state index in [0.717, 1.165) is 36.0 Å². The number of fused-ring (bicyclic) bond motifs is 1. The number of hydrogen-bond donors (Lipinski definition) is 2. The highest BCUT2D eigenvalue weighted by Crippen LogP contribution is 2.33. The Hall–Kier alpha value is -1.44. The molecule has 7 nitrogen and oxygen atoms in total. The normalized spacial score (nSPS) is 17.8. The standard InChI is InChI=1S/C20H31ClN6.C6H15N/c1-2-3-4-7-15-10-12-26(13-11-15)25-18-17-19(24-20(21)23-18)27(14-22-17)16-8-5-6-9-16;1-3-5-7-6-4-2/h14-16H,2-13H2,1H3,(H,23,24,25);7H,3-6H2,1-2H3. The lowest BCUT2D eigenvalue weighted by Gasteiger charge is -2.32. The zero-order chi connectivity index (χ0) is 24.2. The maximum Gasteiger partial charge on any atom is 0.226 e. The predicted octanol–water partition coefficient (Wildman–Crippen LogP) is 6.61. The van der Waals surface area contributed by atoms with Crippen LogP contribution >= 0.6 is 11.6 Å². The molecule has 3 heterocycles. The smallest absolute Gasteiger partial charge is 0.226 e. The average Bonchev–Trinajstić information content (AvgIpc) is 3.51. The Balaban J connectivity index is 0.000000406. The second kappa shape index (κ2) is 14.8. The number of hydrogen-bond acceptors (Lipinski definition) is 6. The predicted molar refractivity (Wildman–Crippen MR) is 143 cm³/mol. The molecule has 2 aromatic heterocycles. The Bertz CT molecular complexity index is 822. The van der Waals surface area contributed by atoms with Crippen molar-refractivity contribution in [3.05, 3.63) is 11.6 Å². The number of hydrazine groups is 1. The van der Waals surface area contributed by atoms with Gasteiger partial charge >= 0.3 is 0 Å². The van der Waals surface area contributed by atoms with Gasteiger partial charge in [-0.25, -0.2) is 9.99 Å². The van der Waals surface area contributed by atoms with Crippen molar-refractivity contribution in [1.29, 1.82) is 0 Å². The van der Waals surface area contributed by atoms with Gasteiger partial charge in [-0.15, -0.1) is 0 Å². The summed E-state index contributed by atoms with van der Waals surface area (Å²) in [7, 11) is 0. The van der Waals surface area contributed by atoms with E-state index in [1.54, 1.807) is 0 Å². The van der Waals surface area contributed by atoms with Crippen LogP contribution in [0.1, 0.15) is 104 Å². The Morgan fingerprint density at radius 1 is 0.941 bits per heavy atom. The number of aromatic nitrogens is 4. The van der Waals surface area contributed by atoms with Gasteiger partial charge < -0.3 is 15.3 Å². The number of nitrogens with zero attached hydrogens (tertiary/aromatic N) is 5. The van der Waals surface area contributed by atoms with Gasteiger partial charge in [-0.2, -0.15) is 9.97 Å². The summed E-state index contributed by atoms with van der Waals surface area (Å²) in [5.41, 5.74) is 5.17. The third-order valence-electron chi connectivity index (χ3n) is 7.06. The monoisotopic (exact) mass is 491 g/mol. The van der Waals surface area contributed by atoms with E-state index < -0.39 is 0 Å². The van der Waals surface area contributed by atoms with E-state index in [2.05, 4.69) is 56.0 Å². The van der Waals surface area contributed by atoms with Crippen LogP contribution in [0.5, 0.6) is 0 Å². The molecule has 0 aromatic carbocycles. The number of unbranched alkanes of at least 4 members (excludes halogenated alkanes) is 2. The highest BCUT2D eigenvalue weighted by Gasteiger charge is 2.23. The van der Waals surface area contributed by atoms with E-state index in [-0.39, 0.29) is 0 Å². The fourth-order valence-electron chi connectivity index (χ4n) is 5.06. The number of anilines is 1. The van der Waals surface area contributed by atoms with Crippen molar-refractivity contribution in [1.82, 2.24) is 29.8 Å². The van der Waals surface area contributed by atoms with E-state index in [4.69, 9.17) is 11.6 Å². The first-order valence-corrected chi connectivity index (χ1v) is 14.2. The van der Waals surface area contributed by atoms with Gasteiger partial charge in [0.2, 0.25) is 5.28 Å². The number of halogens is 1. The fourth-order valence-corrected chi connectivity index (χ4v) is 5.23. The second-order valence-electron chi connectivity index (χ2n) is 9.89. The van der Waals surface area contributed by atoms with Gasteiger partial charge in [0.1, 0.15) is 0 Å². The molecule has 4 rings (SSSR count). The van der Waals surface area contributed by atoms with Gasteiger partial charge in [0.25, 0.3) is 0 Å². The molecule has 8 heteroatoms. The van der Waals surface area contributed by atoms with Gasteiger partial charge in [-0.05, 0) is 69.1 Å². The van der Waals surface area contributed by atoms with Crippen LogP contribution in [-0.4, -0.2) is 50.7 Å². The molecule has 0 spiro atoms. The first-order chi connectivity index (χ1) is 16.7. The van der Waals surface area contributed by atoms with Crippen molar-refractivity contribution in [3.63, 3.8) is 0 Å². The largest absolute Gasteiger partial charge is 0.317 e. The van der Waals surface area contributed by atoms with E-state index in [1.807, 2.05) is 6.33 Å². The summed E-state index contributed by atoms with van der Waals surface area (Å²) < 4.78 is 2.20. The molecular weight excluding hydrogens is 446 g/mol. The minimum Gasteiger partial charge on any atom is -0.317 e. The summed E-state index contributed by atoms with van der Waals surface area (Å²) in [5.74, 6) is 1.61. The van der Waals surface area contributed by atoms with E-state index in [9.17, 15) is 0 Å². The third-order valence-corrected chi connectivity index (χ3v) is 7.23. The van der Waals surface area contributed by atoms with Crippen LogP contribution in [0.25, 0.3) is 11.2 Å². The lowest BCUT2D eigenvalue weighted by atomic mass is 9.92. The molecule has 1 saturated heterocycles. The lowest BCUT2D eigenvalue weighted by molar-refractivity contribution is 0.207. The average molecular weight is 492 g/mol. The molecule has 0 atom stereocenters. The maximum absolute atomic E-state index is 6.25. The Morgan fingerprint density at radius 3 is 2.29 bits per heavy atom. The lowest BCUT2D eigenvalue weighted by Crippen LogP contribution is -2.38. The fraction of sp³-hybridized carbons (Fsp3) is 0.808. The van der Waals surface area contributed by atoms with Crippen molar-refractivity contribution in [2.24, 2.45) is 5.92 Å². The molecular formula is C26H46ClN7. The molecule has 1 aliphatic heterocycles. The molecule has 1 saturated carbocycles. The van der Waals surface area contributed by atoms with E-state index in [1.165, 1.54) is 90.1 Å². The van der Waals surface area contributed by atoms with Crippen LogP contribution in [0, 0.1) is 5.92 Å². The minimum atomic E-state index is 0.291. The van der Waals surface area contributed by atoms with Crippen LogP contribution < -0.4 is 10.7 Å². The van der Waals surface area contributed by atoms with Gasteiger partial charge in [0, 0.05) is 19.1 Å². The third kappa shape index (κ3) is 8.06. The quantitative estimate of drug-likeness (QED) is 0.272. The molecule has 2 fully saturated rings. The van der Waals surface area contributed by atoms with E-state index >= 15 is 0 Å². The highest BCUT2D eigenvalue weighted by molar-refractivity contribution is 6.28. The van der Waals surface area contributed by atoms with E-state index in [0.29, 0.717) is 11.3 Å². The van der Waals surface area contributed by atoms with Crippen molar-refractivity contribution < 1.29 is 0 Å². The second-order valence-corrected chi connectivity index (χ2v) is 10.2. The number of piperidine rings is 1. The van der Waals surface area contributed by atoms with Crippen LogP contribution in [0.15, 0.2) is 6.33 Å². The number of imidazole rings is 1. The van der Waals surface area contributed by atoms with Gasteiger partial charge in [-0.1, -0.05) is 59.3 Å². The summed E-state index contributed by atoms with van der Waals surface area (Å²) in [6, 6.07) is 0.493. The van der Waals surface area contributed by atoms with Crippen molar-refractivity contribution >= 4 is 28.6 Å². The number of nitrogens with one attached hydrogen (secondary N) is 2. The summed E-state index contributed by atoms with van der Waals surface area (Å²) in [4.78, 5) is 13.5. The molecule has 0 unspecified atom stereocenters. The molecule has 0 radical (unpaired) electrons. The summed E-state index contributed by atoms with van der Waals surface area (Å²) >= 11 is 6.25. The van der Waals surface area contributed by atoms with Gasteiger partial charge in [-0.3, -0.25) is 0 Å². The van der Waals surface area contributed by atoms with Gasteiger partial charge in [0.05, 0.1) is 6.33 Å². The molecule has 192 valence electrons. The van der Waals surface area contributed by atoms with Crippen molar-refractivity contribution in [2.45, 2.75) is 104 Å². The Labute approximate surface area is 211 Å². The highest BCUT2D eigenvalue weighted by atomic mass is 35.5. The maximum atomic E-state index is 6.25. The zero-order valence-corrected chi connectivity index (χ0v) is 22.4. The summed E-state index contributed by atoms with van der Waals surface area (Å²) in [6.07, 6.45) is 17.3. The minimum absolute atomic E-state index is 0.291. The SMILES string of the molecule is CCCCCC1CCN(Nc2nc(Cl)nc3c2ncn3C2CCCC2)CC1.CCCNCCC. The zero-order valence-electron chi connectivity index (χ0n) is 21.7. The Morgan fingerprint density at radius 2 is 1.65 bits per heavy atom. The molecule has 2 aromatic rings. The molecule has 2 aliphatic rings. The molecule has 0 bridgehead atoms. The first-order valence-electron chi connectivity index (χ1n) is 13.8. The number of rotatable bonds is 11. The van der Waals surface area contributed by atoms with Crippen LogP contribution in [-0.2, 0) is 0 Å². The Kier molecular flexibility index (Phi) is 11.9. The molecule has 34 heavy (non-hydrogen) atoms. The van der Waals surface area contributed by atoms with Crippen molar-refractivity contribution in [2.75, 3.05) is 31.6 Å². The molecule has 0 amide bonds. The first kappa shape index (κ1) is 27.2. The molecule has 2 N–H and O–H groups in total.